The van der Waals surface area contributed by atoms with Gasteiger partial charge in [0.05, 0.1) is 51.3 Å². The second-order valence-electron chi connectivity index (χ2n) is 26.3. The van der Waals surface area contributed by atoms with E-state index in [1.54, 1.807) is 0 Å². The summed E-state index contributed by atoms with van der Waals surface area (Å²) in [6.07, 6.45) is -27.2. The van der Waals surface area contributed by atoms with Gasteiger partial charge in [0, 0.05) is 10.8 Å². The molecule has 9 aliphatic rings. The third-order valence-corrected chi connectivity index (χ3v) is 21.7. The van der Waals surface area contributed by atoms with Crippen LogP contribution in [0.3, 0.4) is 0 Å². The van der Waals surface area contributed by atoms with Gasteiger partial charge in [-0.1, -0.05) is 53.2 Å². The third-order valence-electron chi connectivity index (χ3n) is 21.7. The Labute approximate surface area is 449 Å². The number of allylic oxidation sites excluding steroid dienone is 2. The number of aliphatic hydroxyl groups excluding tert-OH is 15. The lowest BCUT2D eigenvalue weighted by molar-refractivity contribution is -0.403. The van der Waals surface area contributed by atoms with Crippen LogP contribution in [0.5, 0.6) is 0 Å². The van der Waals surface area contributed by atoms with E-state index in [9.17, 15) is 76.6 Å². The Balaban J connectivity index is 0.997. The molecule has 0 aromatic carbocycles. The van der Waals surface area contributed by atoms with Crippen molar-refractivity contribution in [1.29, 1.82) is 0 Å². The lowest BCUT2D eigenvalue weighted by atomic mass is 9.33. The minimum atomic E-state index is -2.06. The van der Waals surface area contributed by atoms with Crippen molar-refractivity contribution >= 4 is 0 Å². The fourth-order valence-corrected chi connectivity index (χ4v) is 16.7. The van der Waals surface area contributed by atoms with Gasteiger partial charge in [-0.05, 0) is 104 Å². The second-order valence-corrected chi connectivity index (χ2v) is 26.3. The number of hydrogen-bond acceptors (Lipinski definition) is 23. The average molecular weight is 1110 g/mol. The van der Waals surface area contributed by atoms with Gasteiger partial charge in [-0.3, -0.25) is 0 Å². The third kappa shape index (κ3) is 9.74. The largest absolute Gasteiger partial charge is 0.396 e. The minimum Gasteiger partial charge on any atom is -0.396 e. The molecular weight excluding hydrogens is 1020 g/mol. The zero-order valence-electron chi connectivity index (χ0n) is 45.4. The smallest absolute Gasteiger partial charge is 0.187 e. The van der Waals surface area contributed by atoms with Gasteiger partial charge >= 0.3 is 0 Å². The molecule has 0 spiro atoms. The van der Waals surface area contributed by atoms with Crippen molar-refractivity contribution < 1.29 is 114 Å². The summed E-state index contributed by atoms with van der Waals surface area (Å²) in [4.78, 5) is 0. The number of ether oxygens (including phenoxy) is 8. The monoisotopic (exact) mass is 1110 g/mol. The highest BCUT2D eigenvalue weighted by Crippen LogP contribution is 2.76. The predicted molar refractivity (Wildman–Crippen MR) is 264 cm³/mol. The van der Waals surface area contributed by atoms with Crippen molar-refractivity contribution in [1.82, 2.24) is 0 Å². The number of aliphatic hydroxyl groups is 15. The number of rotatable bonds is 13. The van der Waals surface area contributed by atoms with Crippen LogP contribution in [0.2, 0.25) is 0 Å². The van der Waals surface area contributed by atoms with Crippen LogP contribution in [0.4, 0.5) is 0 Å². The van der Waals surface area contributed by atoms with Gasteiger partial charge in [0.2, 0.25) is 0 Å². The van der Waals surface area contributed by atoms with Gasteiger partial charge in [-0.15, -0.1) is 0 Å². The summed E-state index contributed by atoms with van der Waals surface area (Å²) in [6, 6.07) is 0. The van der Waals surface area contributed by atoms with E-state index < -0.39 is 166 Å². The molecule has 0 aromatic rings. The Kier molecular flexibility index (Phi) is 17.3. The lowest BCUT2D eigenvalue weighted by Crippen LogP contribution is -2.69. The van der Waals surface area contributed by atoms with Crippen LogP contribution in [0, 0.1) is 50.2 Å². The molecule has 9 rings (SSSR count). The topological polar surface area (TPSA) is 377 Å². The molecule has 8 fully saturated rings. The molecule has 4 heterocycles. The predicted octanol–water partition coefficient (Wildman–Crippen LogP) is -2.59. The van der Waals surface area contributed by atoms with Crippen LogP contribution < -0.4 is 0 Å². The molecule has 4 aliphatic heterocycles. The van der Waals surface area contributed by atoms with Gasteiger partial charge in [-0.25, -0.2) is 0 Å². The van der Waals surface area contributed by atoms with Crippen LogP contribution >= 0.6 is 0 Å². The molecule has 15 N–H and O–H groups in total. The molecule has 0 aromatic heterocycles. The van der Waals surface area contributed by atoms with Crippen molar-refractivity contribution in [3.05, 3.63) is 11.6 Å². The Hall–Kier alpha value is -1.18. The first kappa shape index (κ1) is 60.4. The summed E-state index contributed by atoms with van der Waals surface area (Å²) in [6.45, 7) is 12.2. The maximum Gasteiger partial charge on any atom is 0.187 e. The van der Waals surface area contributed by atoms with Crippen LogP contribution in [0.25, 0.3) is 0 Å². The van der Waals surface area contributed by atoms with E-state index in [0.29, 0.717) is 25.7 Å². The molecule has 4 saturated carbocycles. The molecule has 0 bridgehead atoms. The number of fused-ring (bicyclic) bond motifs is 7. The van der Waals surface area contributed by atoms with E-state index >= 15 is 0 Å². The Bertz CT molecular complexity index is 2070. The molecule has 444 valence electrons. The normalized spacial score (nSPS) is 55.8. The standard InChI is InChI=1S/C54H90O23/c1-23-33(61)43(76-47-41(69)38(66)42(28(20-57)73-47)75-45-39(67)36(64)34(62)26(18-55)71-45)44(77-46-40(68)37(65)35(63)27(19-56)72-46)48(70-23)74-32-11-12-50(4)29(51(32,5)21-58)10-13-52(6)30(50)9-8-24-25-16-49(2,3)14-15-54(25,22-59)31(60)17-53(24,52)7/h8,23,25-48,55-69H,9-22H2,1-7H3/t23-,25?,26-,27-,28-,29-,30-,31+,32+,33+,34-,35-,36+,37+,38-,39-,40-,41-,42-,43+,44-,45+,46+,47+,48+,50+,51?,52-,53-,54-/m1/s1. The van der Waals surface area contributed by atoms with Crippen molar-refractivity contribution in [2.75, 3.05) is 33.0 Å². The van der Waals surface area contributed by atoms with Crippen molar-refractivity contribution in [2.45, 2.75) is 241 Å². The van der Waals surface area contributed by atoms with E-state index in [-0.39, 0.29) is 52.6 Å². The van der Waals surface area contributed by atoms with Crippen LogP contribution in [-0.4, -0.2) is 245 Å². The second kappa shape index (κ2) is 22.1. The molecule has 30 atom stereocenters. The minimum absolute atomic E-state index is 0.0348. The summed E-state index contributed by atoms with van der Waals surface area (Å²) in [5, 5.41) is 165. The van der Waals surface area contributed by atoms with Crippen molar-refractivity contribution in [3.8, 4) is 0 Å². The quantitative estimate of drug-likeness (QED) is 0.0665. The molecule has 0 amide bonds. The zero-order valence-corrected chi connectivity index (χ0v) is 45.4. The van der Waals surface area contributed by atoms with Gasteiger partial charge in [0.15, 0.2) is 25.2 Å². The Morgan fingerprint density at radius 1 is 0.506 bits per heavy atom. The summed E-state index contributed by atoms with van der Waals surface area (Å²) in [7, 11) is 0. The molecule has 4 saturated heterocycles. The SMILES string of the molecule is C[C@H]1O[C@@H](O[C@H]2CC[C@]3(C)[C@H]4CC=C5C6CC(C)(C)CC[C@]6(CO)[C@@H](O)C[C@@]5(C)[C@]4(C)CC[C@H]3C2(C)CO)[C@H](O[C@@H]2O[C@H](CO)[C@@H](O)[C@H](O)[C@H]2O)[C@@H](O[C@@H]2O[C@H](CO)[C@@H](O[C@@H]3O[C@H](CO)[C@@H](O)[C@H](O)[C@H]3O)[C@H](O)[C@H]2O)[C@H]1O. The Morgan fingerprint density at radius 2 is 1.05 bits per heavy atom. The first-order valence-electron chi connectivity index (χ1n) is 27.9. The van der Waals surface area contributed by atoms with Crippen LogP contribution in [0.1, 0.15) is 106 Å². The molecule has 77 heavy (non-hydrogen) atoms. The fraction of sp³-hybridized carbons (Fsp3) is 0.963. The summed E-state index contributed by atoms with van der Waals surface area (Å²) in [5.41, 5.74) is -1.13. The van der Waals surface area contributed by atoms with Gasteiger partial charge in [0.1, 0.15) is 91.6 Å². The first-order chi connectivity index (χ1) is 36.1. The van der Waals surface area contributed by atoms with E-state index in [2.05, 4.69) is 40.7 Å². The molecular formula is C54H90O23. The molecule has 23 heteroatoms. The van der Waals surface area contributed by atoms with Crippen molar-refractivity contribution in [3.63, 3.8) is 0 Å². The average Bonchev–Trinajstić information content (AvgIpc) is 3.47. The molecule has 0 radical (unpaired) electrons. The summed E-state index contributed by atoms with van der Waals surface area (Å²) < 4.78 is 49.0. The first-order valence-corrected chi connectivity index (χ1v) is 27.9. The highest BCUT2D eigenvalue weighted by atomic mass is 16.8. The van der Waals surface area contributed by atoms with Crippen molar-refractivity contribution in [2.24, 2.45) is 50.2 Å². The van der Waals surface area contributed by atoms with Crippen LogP contribution in [-0.2, 0) is 37.9 Å². The maximum atomic E-state index is 12.2. The highest BCUT2D eigenvalue weighted by molar-refractivity contribution is 5.35. The van der Waals surface area contributed by atoms with Gasteiger partial charge < -0.3 is 114 Å². The highest BCUT2D eigenvalue weighted by Gasteiger charge is 2.71. The molecule has 23 nitrogen and oxygen atoms in total. The van der Waals surface area contributed by atoms with Gasteiger partial charge in [-0.2, -0.15) is 0 Å². The van der Waals surface area contributed by atoms with Crippen LogP contribution in [0.15, 0.2) is 11.6 Å². The van der Waals surface area contributed by atoms with E-state index in [1.807, 2.05) is 6.92 Å². The molecule has 2 unspecified atom stereocenters. The Morgan fingerprint density at radius 3 is 1.61 bits per heavy atom. The zero-order chi connectivity index (χ0) is 56.3. The fourth-order valence-electron chi connectivity index (χ4n) is 16.7. The molecule has 5 aliphatic carbocycles. The maximum absolute atomic E-state index is 12.2. The summed E-state index contributed by atoms with van der Waals surface area (Å²) >= 11 is 0. The summed E-state index contributed by atoms with van der Waals surface area (Å²) in [5.74, 6) is 0.0362. The van der Waals surface area contributed by atoms with Gasteiger partial charge in [0.25, 0.3) is 0 Å². The number of hydrogen-bond donors (Lipinski definition) is 15. The van der Waals surface area contributed by atoms with E-state index in [4.69, 9.17) is 37.9 Å². The van der Waals surface area contributed by atoms with E-state index in [1.165, 1.54) is 12.5 Å². The van der Waals surface area contributed by atoms with E-state index in [0.717, 1.165) is 32.1 Å². The lowest BCUT2D eigenvalue weighted by Gasteiger charge is -2.72.